The summed E-state index contributed by atoms with van der Waals surface area (Å²) in [6.07, 6.45) is 0. The van der Waals surface area contributed by atoms with Gasteiger partial charge in [-0.25, -0.2) is 0 Å². The first-order valence-electron chi connectivity index (χ1n) is 9.51. The fraction of sp³-hybridized carbons (Fsp3) is 0. The summed E-state index contributed by atoms with van der Waals surface area (Å²) in [5, 5.41) is 0.851. The Morgan fingerprint density at radius 1 is 0.467 bits per heavy atom. The minimum atomic E-state index is -2.15. The van der Waals surface area contributed by atoms with E-state index >= 15 is 0 Å². The molecule has 0 bridgehead atoms. The van der Waals surface area contributed by atoms with Crippen molar-refractivity contribution in [3.05, 3.63) is 131 Å². The van der Waals surface area contributed by atoms with E-state index < -0.39 is 7.80 Å². The van der Waals surface area contributed by atoms with Crippen molar-refractivity contribution in [1.29, 1.82) is 0 Å². The topological polar surface area (TPSA) is 51.2 Å². The van der Waals surface area contributed by atoms with Gasteiger partial charge in [0.05, 0.1) is 11.1 Å². The molecule has 0 aliphatic rings. The van der Waals surface area contributed by atoms with Crippen LogP contribution in [0.2, 0.25) is 0 Å². The Morgan fingerprint density at radius 3 is 1.20 bits per heavy atom. The van der Waals surface area contributed by atoms with E-state index in [4.69, 9.17) is 0 Å². The zero-order chi connectivity index (χ0) is 20.9. The zero-order valence-corrected chi connectivity index (χ0v) is 17.0. The number of hydrogen-bond donors (Lipinski definition) is 0. The van der Waals surface area contributed by atoms with Gasteiger partial charge in [0.15, 0.2) is 11.6 Å². The maximum Gasteiger partial charge on any atom is 0.416 e. The molecule has 0 atom stereocenters. The Hall–Kier alpha value is -3.68. The van der Waals surface area contributed by atoms with E-state index in [0.29, 0.717) is 32.9 Å². The fourth-order valence-electron chi connectivity index (χ4n) is 3.31. The van der Waals surface area contributed by atoms with Crippen LogP contribution in [-0.2, 0) is 4.57 Å². The Labute approximate surface area is 175 Å². The van der Waals surface area contributed by atoms with E-state index in [2.05, 4.69) is 0 Å². The van der Waals surface area contributed by atoms with Crippen LogP contribution in [0.4, 0.5) is 0 Å². The lowest BCUT2D eigenvalue weighted by Crippen LogP contribution is -2.20. The van der Waals surface area contributed by atoms with Gasteiger partial charge in [0.25, 0.3) is 0 Å². The quantitative estimate of drug-likeness (QED) is 0.335. The lowest BCUT2D eigenvalue weighted by molar-refractivity contribution is 0.103. The summed E-state index contributed by atoms with van der Waals surface area (Å²) < 4.78 is 13.6. The lowest BCUT2D eigenvalue weighted by atomic mass is 10.0. The van der Waals surface area contributed by atoms with Gasteiger partial charge in [-0.15, -0.1) is 0 Å². The maximum atomic E-state index is 13.6. The Kier molecular flexibility index (Phi) is 5.74. The molecule has 4 aromatic carbocycles. The summed E-state index contributed by atoms with van der Waals surface area (Å²) in [4.78, 5) is 26.1. The van der Waals surface area contributed by atoms with Gasteiger partial charge >= 0.3 is 7.80 Å². The third-order valence-corrected chi connectivity index (χ3v) is 6.46. The van der Waals surface area contributed by atoms with Crippen LogP contribution >= 0.6 is 7.80 Å². The van der Waals surface area contributed by atoms with Crippen molar-refractivity contribution in [2.45, 2.75) is 0 Å². The Bertz CT molecular complexity index is 1130. The largest absolute Gasteiger partial charge is 0.416 e. The highest BCUT2D eigenvalue weighted by molar-refractivity contribution is 7.61. The second-order valence-corrected chi connectivity index (χ2v) is 8.27. The molecule has 4 aromatic rings. The lowest BCUT2D eigenvalue weighted by Gasteiger charge is -2.04. The van der Waals surface area contributed by atoms with Crippen LogP contribution in [0.25, 0.3) is 0 Å². The minimum Gasteiger partial charge on any atom is -0.288 e. The van der Waals surface area contributed by atoms with Crippen molar-refractivity contribution in [3.8, 4) is 0 Å². The monoisotopic (exact) mass is 409 g/mol. The van der Waals surface area contributed by atoms with Crippen molar-refractivity contribution in [2.75, 3.05) is 0 Å². The van der Waals surface area contributed by atoms with Gasteiger partial charge in [0.1, 0.15) is 0 Å². The maximum absolute atomic E-state index is 13.6. The highest BCUT2D eigenvalue weighted by Gasteiger charge is 2.33. The average Bonchev–Trinajstić information content (AvgIpc) is 2.84. The van der Waals surface area contributed by atoms with E-state index in [1.54, 1.807) is 97.1 Å². The molecule has 0 unspecified atom stereocenters. The first-order chi connectivity index (χ1) is 14.7. The molecule has 0 N–H and O–H groups in total. The number of carbonyl (C=O) groups is 2. The molecule has 0 aliphatic heterocycles. The van der Waals surface area contributed by atoms with E-state index in [1.807, 2.05) is 12.1 Å². The molecule has 0 heterocycles. The number of carbonyl (C=O) groups excluding carboxylic acids is 2. The van der Waals surface area contributed by atoms with Gasteiger partial charge in [0, 0.05) is 11.1 Å². The van der Waals surface area contributed by atoms with Crippen molar-refractivity contribution in [2.24, 2.45) is 0 Å². The molecular weight excluding hydrogens is 391 g/mol. The predicted molar refractivity (Wildman–Crippen MR) is 120 cm³/mol. The minimum absolute atomic E-state index is 0.193. The highest BCUT2D eigenvalue weighted by Crippen LogP contribution is 2.26. The number of benzene rings is 4. The van der Waals surface area contributed by atoms with Crippen LogP contribution in [0.1, 0.15) is 31.8 Å². The standard InChI is InChI=1S/C26H18O3P/c27-25(19-11-3-1-4-12-19)21-15-7-9-17-23(21)30(29)24-18-10-8-16-22(24)26(28)20-13-5-2-6-14-20/h1-18H/q+1. The van der Waals surface area contributed by atoms with Gasteiger partial charge in [-0.2, -0.15) is 0 Å². The molecule has 0 aromatic heterocycles. The van der Waals surface area contributed by atoms with Crippen LogP contribution in [0.5, 0.6) is 0 Å². The van der Waals surface area contributed by atoms with Gasteiger partial charge in [-0.1, -0.05) is 89.5 Å². The van der Waals surface area contributed by atoms with Gasteiger partial charge in [-0.05, 0) is 24.3 Å². The van der Waals surface area contributed by atoms with Crippen LogP contribution in [0.3, 0.4) is 0 Å². The molecule has 0 saturated carbocycles. The van der Waals surface area contributed by atoms with Gasteiger partial charge < -0.3 is 0 Å². The fourth-order valence-corrected chi connectivity index (χ4v) is 4.80. The number of hydrogen-bond acceptors (Lipinski definition) is 3. The highest BCUT2D eigenvalue weighted by atomic mass is 31.1. The van der Waals surface area contributed by atoms with Crippen LogP contribution in [0.15, 0.2) is 109 Å². The second kappa shape index (κ2) is 8.77. The summed E-state index contributed by atoms with van der Waals surface area (Å²) in [7, 11) is -2.15. The Balaban J connectivity index is 1.77. The number of ketones is 2. The van der Waals surface area contributed by atoms with Crippen molar-refractivity contribution >= 4 is 30.0 Å². The van der Waals surface area contributed by atoms with Crippen molar-refractivity contribution in [3.63, 3.8) is 0 Å². The van der Waals surface area contributed by atoms with E-state index in [9.17, 15) is 14.2 Å². The summed E-state index contributed by atoms with van der Waals surface area (Å²) in [5.41, 5.74) is 1.82. The van der Waals surface area contributed by atoms with Crippen LogP contribution in [0, 0.1) is 0 Å². The van der Waals surface area contributed by atoms with E-state index in [0.717, 1.165) is 0 Å². The average molecular weight is 409 g/mol. The second-order valence-electron chi connectivity index (χ2n) is 6.72. The first kappa shape index (κ1) is 19.6. The molecule has 0 radical (unpaired) electrons. The Morgan fingerprint density at radius 2 is 0.800 bits per heavy atom. The molecule has 4 rings (SSSR count). The summed E-state index contributed by atoms with van der Waals surface area (Å²) in [6, 6.07) is 31.6. The third kappa shape index (κ3) is 3.89. The van der Waals surface area contributed by atoms with Gasteiger partial charge in [0.2, 0.25) is 10.6 Å². The smallest absolute Gasteiger partial charge is 0.288 e. The van der Waals surface area contributed by atoms with Crippen molar-refractivity contribution < 1.29 is 14.2 Å². The van der Waals surface area contributed by atoms with Gasteiger partial charge in [-0.3, -0.25) is 9.59 Å². The molecule has 0 fully saturated rings. The summed E-state index contributed by atoms with van der Waals surface area (Å²) in [6.45, 7) is 0. The molecule has 144 valence electrons. The molecule has 0 aliphatic carbocycles. The van der Waals surface area contributed by atoms with Crippen LogP contribution in [-0.4, -0.2) is 11.6 Å². The molecule has 0 saturated heterocycles. The molecule has 30 heavy (non-hydrogen) atoms. The first-order valence-corrected chi connectivity index (χ1v) is 10.8. The molecule has 4 heteroatoms. The van der Waals surface area contributed by atoms with E-state index in [1.165, 1.54) is 0 Å². The SMILES string of the molecule is O=C(c1ccccc1)c1ccccc1[P+](=O)c1ccccc1C(=O)c1ccccc1. The normalized spacial score (nSPS) is 10.4. The summed E-state index contributed by atoms with van der Waals surface area (Å²) >= 11 is 0. The molecular formula is C26H18O3P+. The molecule has 3 nitrogen and oxygen atoms in total. The van der Waals surface area contributed by atoms with Crippen molar-refractivity contribution in [1.82, 2.24) is 0 Å². The molecule has 0 spiro atoms. The number of rotatable bonds is 6. The third-order valence-electron chi connectivity index (χ3n) is 4.81. The summed E-state index contributed by atoms with van der Waals surface area (Å²) in [5.74, 6) is -0.386. The molecule has 0 amide bonds. The predicted octanol–water partition coefficient (Wildman–Crippen LogP) is 4.93. The van der Waals surface area contributed by atoms with E-state index in [-0.39, 0.29) is 11.6 Å². The zero-order valence-electron chi connectivity index (χ0n) is 16.1. The van der Waals surface area contributed by atoms with Crippen LogP contribution < -0.4 is 10.6 Å².